The van der Waals surface area contributed by atoms with Gasteiger partial charge in [0.25, 0.3) is 5.91 Å². The summed E-state index contributed by atoms with van der Waals surface area (Å²) in [6.07, 6.45) is 0.811. The number of rotatable bonds is 6. The summed E-state index contributed by atoms with van der Waals surface area (Å²) in [4.78, 5) is 14.2. The van der Waals surface area contributed by atoms with Crippen molar-refractivity contribution < 1.29 is 15.0 Å². The van der Waals surface area contributed by atoms with Crippen LogP contribution in [-0.4, -0.2) is 40.7 Å². The number of carbonyl (C=O) groups is 1. The first-order chi connectivity index (χ1) is 9.32. The van der Waals surface area contributed by atoms with Crippen LogP contribution in [-0.2, 0) is 0 Å². The highest BCUT2D eigenvalue weighted by Gasteiger charge is 2.26. The van der Waals surface area contributed by atoms with E-state index in [9.17, 15) is 15.0 Å². The number of carbonyl (C=O) groups excluding carboxylic acids is 1. The van der Waals surface area contributed by atoms with E-state index in [1.165, 1.54) is 12.1 Å². The fraction of sp³-hybridized carbons (Fsp3) is 0.533. The number of phenolic OH excluding ortho intramolecular Hbond substituents is 2. The Morgan fingerprint density at radius 1 is 1.35 bits per heavy atom. The minimum absolute atomic E-state index is 0.117. The Hall–Kier alpha value is -1.75. The van der Waals surface area contributed by atoms with Crippen LogP contribution in [0, 0.1) is 5.41 Å². The van der Waals surface area contributed by atoms with Gasteiger partial charge in [0.1, 0.15) is 0 Å². The van der Waals surface area contributed by atoms with Gasteiger partial charge in [0.15, 0.2) is 11.5 Å². The molecule has 0 saturated carbocycles. The maximum Gasteiger partial charge on any atom is 0.257 e. The van der Waals surface area contributed by atoms with Crippen LogP contribution < -0.4 is 5.73 Å². The van der Waals surface area contributed by atoms with Crippen LogP contribution in [0.2, 0.25) is 0 Å². The fourth-order valence-electron chi connectivity index (χ4n) is 1.98. The van der Waals surface area contributed by atoms with Crippen molar-refractivity contribution in [1.82, 2.24) is 4.90 Å². The van der Waals surface area contributed by atoms with Crippen LogP contribution >= 0.6 is 0 Å². The lowest BCUT2D eigenvalue weighted by Crippen LogP contribution is -2.42. The average Bonchev–Trinajstić information content (AvgIpc) is 2.40. The summed E-state index contributed by atoms with van der Waals surface area (Å²) in [5.74, 6) is -0.948. The number of hydrogen-bond donors (Lipinski definition) is 3. The zero-order valence-electron chi connectivity index (χ0n) is 12.4. The van der Waals surface area contributed by atoms with E-state index in [1.54, 1.807) is 11.0 Å². The number of nitrogens with zero attached hydrogens (tertiary/aromatic N) is 1. The van der Waals surface area contributed by atoms with Crippen molar-refractivity contribution in [2.75, 3.05) is 19.6 Å². The molecule has 0 aromatic heterocycles. The fourth-order valence-corrected chi connectivity index (χ4v) is 1.98. The minimum Gasteiger partial charge on any atom is -0.504 e. The molecule has 20 heavy (non-hydrogen) atoms. The van der Waals surface area contributed by atoms with Crippen LogP contribution in [0.5, 0.6) is 11.5 Å². The van der Waals surface area contributed by atoms with Crippen LogP contribution in [0.3, 0.4) is 0 Å². The van der Waals surface area contributed by atoms with E-state index < -0.39 is 0 Å². The summed E-state index contributed by atoms with van der Waals surface area (Å²) < 4.78 is 0. The summed E-state index contributed by atoms with van der Waals surface area (Å²) >= 11 is 0. The molecule has 1 rings (SSSR count). The first-order valence-corrected chi connectivity index (χ1v) is 6.82. The molecule has 0 atom stereocenters. The van der Waals surface area contributed by atoms with Gasteiger partial charge in [-0.2, -0.15) is 0 Å². The molecular formula is C15H24N2O3. The number of aromatic hydroxyl groups is 2. The largest absolute Gasteiger partial charge is 0.504 e. The topological polar surface area (TPSA) is 86.8 Å². The third-order valence-electron chi connectivity index (χ3n) is 3.20. The van der Waals surface area contributed by atoms with Crippen molar-refractivity contribution in [1.29, 1.82) is 0 Å². The molecule has 0 aliphatic rings. The van der Waals surface area contributed by atoms with Gasteiger partial charge < -0.3 is 20.8 Å². The predicted molar refractivity (Wildman–Crippen MR) is 78.8 cm³/mol. The second kappa shape index (κ2) is 6.61. The summed E-state index contributed by atoms with van der Waals surface area (Å²) in [6.45, 7) is 7.52. The third-order valence-corrected chi connectivity index (χ3v) is 3.20. The highest BCUT2D eigenvalue weighted by molar-refractivity contribution is 5.97. The predicted octanol–water partition coefficient (Wildman–Crippen LogP) is 1.93. The first kappa shape index (κ1) is 16.3. The quantitative estimate of drug-likeness (QED) is 0.695. The van der Waals surface area contributed by atoms with Gasteiger partial charge in [-0.05, 0) is 30.5 Å². The standard InChI is InChI=1S/C15H24N2O3/c1-4-8-17(10-15(2,3)9-16)14(20)11-6-5-7-12(18)13(11)19/h5-7,18-19H,4,8-10,16H2,1-3H3. The molecule has 0 radical (unpaired) electrons. The first-order valence-electron chi connectivity index (χ1n) is 6.82. The average molecular weight is 280 g/mol. The second-order valence-electron chi connectivity index (χ2n) is 5.77. The van der Waals surface area contributed by atoms with Crippen molar-refractivity contribution >= 4 is 5.91 Å². The van der Waals surface area contributed by atoms with E-state index in [4.69, 9.17) is 5.73 Å². The Morgan fingerprint density at radius 3 is 2.55 bits per heavy atom. The van der Waals surface area contributed by atoms with E-state index >= 15 is 0 Å². The molecule has 0 aliphatic heterocycles. The maximum atomic E-state index is 12.5. The molecule has 1 amide bonds. The molecule has 112 valence electrons. The molecule has 4 N–H and O–H groups in total. The van der Waals surface area contributed by atoms with Crippen molar-refractivity contribution in [3.05, 3.63) is 23.8 Å². The van der Waals surface area contributed by atoms with Gasteiger partial charge in [0.05, 0.1) is 5.56 Å². The van der Waals surface area contributed by atoms with Crippen LogP contribution in [0.4, 0.5) is 0 Å². The molecule has 0 fully saturated rings. The van der Waals surface area contributed by atoms with Crippen LogP contribution in [0.25, 0.3) is 0 Å². The summed E-state index contributed by atoms with van der Waals surface area (Å²) in [5, 5.41) is 19.3. The number of amides is 1. The van der Waals surface area contributed by atoms with E-state index in [-0.39, 0.29) is 28.4 Å². The second-order valence-corrected chi connectivity index (χ2v) is 5.77. The smallest absolute Gasteiger partial charge is 0.257 e. The number of phenols is 2. The molecule has 0 unspecified atom stereocenters. The van der Waals surface area contributed by atoms with Gasteiger partial charge in [0, 0.05) is 13.1 Å². The molecule has 0 bridgehead atoms. The van der Waals surface area contributed by atoms with Gasteiger partial charge in [-0.1, -0.05) is 26.8 Å². The van der Waals surface area contributed by atoms with Gasteiger partial charge in [-0.15, -0.1) is 0 Å². The number of nitrogens with two attached hydrogens (primary N) is 1. The molecule has 1 aromatic rings. The molecular weight excluding hydrogens is 256 g/mol. The molecule has 5 heteroatoms. The lowest BCUT2D eigenvalue weighted by atomic mass is 9.92. The zero-order chi connectivity index (χ0) is 15.3. The van der Waals surface area contributed by atoms with Gasteiger partial charge in [0.2, 0.25) is 0 Å². The van der Waals surface area contributed by atoms with E-state index in [2.05, 4.69) is 0 Å². The minimum atomic E-state index is -0.371. The lowest BCUT2D eigenvalue weighted by Gasteiger charge is -2.32. The number of para-hydroxylation sites is 1. The summed E-state index contributed by atoms with van der Waals surface area (Å²) in [7, 11) is 0. The Bertz CT molecular complexity index is 472. The van der Waals surface area contributed by atoms with Crippen molar-refractivity contribution in [3.8, 4) is 11.5 Å². The van der Waals surface area contributed by atoms with Crippen molar-refractivity contribution in [3.63, 3.8) is 0 Å². The molecule has 0 saturated heterocycles. The Kier molecular flexibility index (Phi) is 5.39. The Labute approximate surface area is 120 Å². The van der Waals surface area contributed by atoms with E-state index in [0.29, 0.717) is 19.6 Å². The lowest BCUT2D eigenvalue weighted by molar-refractivity contribution is 0.0685. The SMILES string of the molecule is CCCN(CC(C)(C)CN)C(=O)c1cccc(O)c1O. The van der Waals surface area contributed by atoms with Crippen LogP contribution in [0.15, 0.2) is 18.2 Å². The normalized spacial score (nSPS) is 11.4. The summed E-state index contributed by atoms with van der Waals surface area (Å²) in [5.41, 5.74) is 5.64. The number of benzene rings is 1. The highest BCUT2D eigenvalue weighted by Crippen LogP contribution is 2.29. The zero-order valence-corrected chi connectivity index (χ0v) is 12.4. The molecule has 0 spiro atoms. The third kappa shape index (κ3) is 3.87. The van der Waals surface area contributed by atoms with Gasteiger partial charge in [-0.25, -0.2) is 0 Å². The molecule has 5 nitrogen and oxygen atoms in total. The molecule has 0 heterocycles. The van der Waals surface area contributed by atoms with Gasteiger partial charge in [-0.3, -0.25) is 4.79 Å². The molecule has 1 aromatic carbocycles. The highest BCUT2D eigenvalue weighted by atomic mass is 16.3. The van der Waals surface area contributed by atoms with Crippen LogP contribution in [0.1, 0.15) is 37.6 Å². The van der Waals surface area contributed by atoms with E-state index in [0.717, 1.165) is 6.42 Å². The summed E-state index contributed by atoms with van der Waals surface area (Å²) in [6, 6.07) is 4.40. The van der Waals surface area contributed by atoms with E-state index in [1.807, 2.05) is 20.8 Å². The monoisotopic (exact) mass is 280 g/mol. The maximum absolute atomic E-state index is 12.5. The van der Waals surface area contributed by atoms with Crippen molar-refractivity contribution in [2.24, 2.45) is 11.1 Å². The molecule has 0 aliphatic carbocycles. The van der Waals surface area contributed by atoms with Crippen molar-refractivity contribution in [2.45, 2.75) is 27.2 Å². The number of hydrogen-bond acceptors (Lipinski definition) is 4. The van der Waals surface area contributed by atoms with Gasteiger partial charge >= 0.3 is 0 Å². The Morgan fingerprint density at radius 2 is 2.00 bits per heavy atom. The Balaban J connectivity index is 3.02.